The summed E-state index contributed by atoms with van der Waals surface area (Å²) in [6.45, 7) is 2.05. The Bertz CT molecular complexity index is 1720. The number of carbonyl (C=O) groups is 2. The number of hydrogen-bond donors (Lipinski definition) is 1. The number of ether oxygens (including phenoxy) is 1. The molecule has 5 aromatic rings. The lowest BCUT2D eigenvalue weighted by Crippen LogP contribution is -2.25. The van der Waals surface area contributed by atoms with Crippen LogP contribution in [0.3, 0.4) is 0 Å². The molecule has 7 nitrogen and oxygen atoms in total. The van der Waals surface area contributed by atoms with Gasteiger partial charge in [-0.3, -0.25) is 9.78 Å². The van der Waals surface area contributed by atoms with E-state index in [1.54, 1.807) is 59.4 Å². The maximum Gasteiger partial charge on any atom is 0.343 e. The van der Waals surface area contributed by atoms with Crippen LogP contribution in [-0.2, 0) is 13.0 Å². The smallest absolute Gasteiger partial charge is 0.343 e. The summed E-state index contributed by atoms with van der Waals surface area (Å²) in [5, 5.41) is 8.54. The fraction of sp³-hybridized carbons (Fsp3) is 0.0968. The molecule has 5 rings (SSSR count). The number of carbonyl (C=O) groups excluding carboxylic acids is 2. The van der Waals surface area contributed by atoms with Crippen LogP contribution in [0.4, 0.5) is 0 Å². The van der Waals surface area contributed by atoms with Crippen molar-refractivity contribution in [2.45, 2.75) is 19.9 Å². The van der Waals surface area contributed by atoms with E-state index in [-0.39, 0.29) is 23.9 Å². The van der Waals surface area contributed by atoms with E-state index in [2.05, 4.69) is 26.2 Å². The molecule has 1 amide bonds. The van der Waals surface area contributed by atoms with E-state index < -0.39 is 5.97 Å². The fourth-order valence-corrected chi connectivity index (χ4v) is 5.09. The maximum atomic E-state index is 13.6. The van der Waals surface area contributed by atoms with Crippen molar-refractivity contribution in [2.24, 2.45) is 0 Å². The number of pyridine rings is 1. The van der Waals surface area contributed by atoms with E-state index in [0.717, 1.165) is 21.3 Å². The molecule has 0 fully saturated rings. The molecule has 10 heteroatoms. The van der Waals surface area contributed by atoms with Crippen molar-refractivity contribution in [3.63, 3.8) is 0 Å². The number of benzene rings is 3. The van der Waals surface area contributed by atoms with Crippen LogP contribution in [0.25, 0.3) is 16.9 Å². The topological polar surface area (TPSA) is 86.1 Å². The first-order valence-corrected chi connectivity index (χ1v) is 14.2. The number of hydrogen-bond acceptors (Lipinski definition) is 5. The van der Waals surface area contributed by atoms with Gasteiger partial charge in [0.1, 0.15) is 0 Å². The molecule has 0 unspecified atom stereocenters. The lowest BCUT2D eigenvalue weighted by Gasteiger charge is -2.11. The molecule has 0 aliphatic rings. The molecule has 206 valence electrons. The van der Waals surface area contributed by atoms with Crippen LogP contribution < -0.4 is 10.1 Å². The van der Waals surface area contributed by atoms with Crippen molar-refractivity contribution in [3.05, 3.63) is 128 Å². The van der Waals surface area contributed by atoms with Crippen molar-refractivity contribution >= 4 is 51.0 Å². The molecule has 41 heavy (non-hydrogen) atoms. The molecule has 2 heterocycles. The Labute approximate surface area is 255 Å². The van der Waals surface area contributed by atoms with E-state index >= 15 is 0 Å². The zero-order valence-electron chi connectivity index (χ0n) is 21.8. The van der Waals surface area contributed by atoms with E-state index in [1.165, 1.54) is 6.20 Å². The molecule has 0 spiro atoms. The standard InChI is InChI=1S/C31H23BrCl2N4O3/c1-2-24-28(30(39)36-17-21-14-15-35-18-27(21)41-31(40)20-6-4-3-5-7-20)37-38(26-13-12-23(33)16-25(26)34)29(24)19-8-10-22(32)11-9-19/h3-16,18H,2,17H2,1H3,(H,36,39). The summed E-state index contributed by atoms with van der Waals surface area (Å²) >= 11 is 16.2. The Balaban J connectivity index is 1.47. The maximum absolute atomic E-state index is 13.6. The second kappa shape index (κ2) is 12.7. The molecule has 1 N–H and O–H groups in total. The van der Waals surface area contributed by atoms with Crippen molar-refractivity contribution < 1.29 is 14.3 Å². The van der Waals surface area contributed by atoms with Crippen molar-refractivity contribution in [3.8, 4) is 22.7 Å². The summed E-state index contributed by atoms with van der Waals surface area (Å²) in [5.41, 5.74) is 4.21. The molecule has 3 aromatic carbocycles. The van der Waals surface area contributed by atoms with Gasteiger partial charge in [-0.1, -0.05) is 76.4 Å². The van der Waals surface area contributed by atoms with Crippen molar-refractivity contribution in [2.75, 3.05) is 0 Å². The lowest BCUT2D eigenvalue weighted by molar-refractivity contribution is 0.0732. The second-order valence-corrected chi connectivity index (χ2v) is 10.7. The summed E-state index contributed by atoms with van der Waals surface area (Å²) in [7, 11) is 0. The third kappa shape index (κ3) is 6.35. The Morgan fingerprint density at radius 2 is 1.76 bits per heavy atom. The largest absolute Gasteiger partial charge is 0.421 e. The zero-order chi connectivity index (χ0) is 28.9. The van der Waals surface area contributed by atoms with E-state index in [4.69, 9.17) is 33.0 Å². The van der Waals surface area contributed by atoms with Crippen LogP contribution in [-0.4, -0.2) is 26.6 Å². The average molecular weight is 650 g/mol. The number of aromatic nitrogens is 3. The van der Waals surface area contributed by atoms with Gasteiger partial charge in [0.2, 0.25) is 0 Å². The van der Waals surface area contributed by atoms with Gasteiger partial charge in [0, 0.05) is 38.9 Å². The number of halogens is 3. The molecule has 0 bridgehead atoms. The zero-order valence-corrected chi connectivity index (χ0v) is 24.9. The average Bonchev–Trinajstić information content (AvgIpc) is 3.37. The Morgan fingerprint density at radius 1 is 1.00 bits per heavy atom. The van der Waals surface area contributed by atoms with Gasteiger partial charge < -0.3 is 10.1 Å². The van der Waals surface area contributed by atoms with Crippen LogP contribution >= 0.6 is 39.1 Å². The Hall–Kier alpha value is -3.98. The first kappa shape index (κ1) is 28.5. The molecule has 2 aromatic heterocycles. The van der Waals surface area contributed by atoms with Crippen molar-refractivity contribution in [1.82, 2.24) is 20.1 Å². The van der Waals surface area contributed by atoms with Crippen LogP contribution in [0.5, 0.6) is 5.75 Å². The molecule has 0 saturated carbocycles. The Kier molecular flexibility index (Phi) is 8.83. The second-order valence-electron chi connectivity index (χ2n) is 8.97. The summed E-state index contributed by atoms with van der Waals surface area (Å²) in [6.07, 6.45) is 3.55. The minimum Gasteiger partial charge on any atom is -0.421 e. The van der Waals surface area contributed by atoms with E-state index in [1.807, 2.05) is 37.3 Å². The monoisotopic (exact) mass is 648 g/mol. The molecular weight excluding hydrogens is 627 g/mol. The lowest BCUT2D eigenvalue weighted by atomic mass is 10.0. The first-order valence-electron chi connectivity index (χ1n) is 12.7. The molecular formula is C31H23BrCl2N4O3. The third-order valence-corrected chi connectivity index (χ3v) is 7.40. The first-order chi connectivity index (χ1) is 19.9. The van der Waals surface area contributed by atoms with E-state index in [9.17, 15) is 9.59 Å². The highest BCUT2D eigenvalue weighted by Gasteiger charge is 2.25. The highest BCUT2D eigenvalue weighted by molar-refractivity contribution is 9.10. The Morgan fingerprint density at radius 3 is 2.46 bits per heavy atom. The minimum atomic E-state index is -0.517. The van der Waals surface area contributed by atoms with Gasteiger partial charge in [-0.05, 0) is 55.0 Å². The quantitative estimate of drug-likeness (QED) is 0.174. The molecule has 0 atom stereocenters. The normalized spacial score (nSPS) is 10.8. The summed E-state index contributed by atoms with van der Waals surface area (Å²) in [6, 6.07) is 23.2. The van der Waals surface area contributed by atoms with Gasteiger partial charge in [0.25, 0.3) is 5.91 Å². The van der Waals surface area contributed by atoms with E-state index in [0.29, 0.717) is 33.3 Å². The number of esters is 1. The molecule has 0 radical (unpaired) electrons. The molecule has 0 saturated heterocycles. The highest BCUT2D eigenvalue weighted by Crippen LogP contribution is 2.34. The predicted molar refractivity (Wildman–Crippen MR) is 163 cm³/mol. The fourth-order valence-electron chi connectivity index (χ4n) is 4.34. The van der Waals surface area contributed by atoms with Crippen LogP contribution in [0.1, 0.15) is 38.9 Å². The predicted octanol–water partition coefficient (Wildman–Crippen LogP) is 7.72. The summed E-state index contributed by atoms with van der Waals surface area (Å²) in [4.78, 5) is 30.3. The van der Waals surface area contributed by atoms with Crippen molar-refractivity contribution in [1.29, 1.82) is 0 Å². The van der Waals surface area contributed by atoms with Gasteiger partial charge in [-0.25, -0.2) is 9.48 Å². The number of nitrogens with zero attached hydrogens (tertiary/aromatic N) is 3. The summed E-state index contributed by atoms with van der Waals surface area (Å²) in [5.74, 6) is -0.648. The third-order valence-electron chi connectivity index (χ3n) is 6.33. The number of rotatable bonds is 8. The van der Waals surface area contributed by atoms with Gasteiger partial charge in [-0.2, -0.15) is 5.10 Å². The van der Waals surface area contributed by atoms with Crippen LogP contribution in [0.2, 0.25) is 10.0 Å². The van der Waals surface area contributed by atoms with Crippen LogP contribution in [0, 0.1) is 0 Å². The minimum absolute atomic E-state index is 0.0874. The van der Waals surface area contributed by atoms with Gasteiger partial charge in [0.05, 0.1) is 28.2 Å². The molecule has 0 aliphatic carbocycles. The number of nitrogens with one attached hydrogen (secondary N) is 1. The van der Waals surface area contributed by atoms with Gasteiger partial charge >= 0.3 is 5.97 Å². The molecule has 0 aliphatic heterocycles. The SMILES string of the molecule is CCc1c(C(=O)NCc2ccncc2OC(=O)c2ccccc2)nn(-c2ccc(Cl)cc2Cl)c1-c1ccc(Br)cc1. The van der Waals surface area contributed by atoms with Gasteiger partial charge in [0.15, 0.2) is 11.4 Å². The highest BCUT2D eigenvalue weighted by atomic mass is 79.9. The van der Waals surface area contributed by atoms with Crippen LogP contribution in [0.15, 0.2) is 95.7 Å². The van der Waals surface area contributed by atoms with Gasteiger partial charge in [-0.15, -0.1) is 0 Å². The number of amides is 1. The summed E-state index contributed by atoms with van der Waals surface area (Å²) < 4.78 is 8.18.